The number of unbranched alkanes of at least 4 members (excludes halogenated alkanes) is 10. The first-order valence-electron chi connectivity index (χ1n) is 10.2. The number of carbonyl (C=O) groups excluding carboxylic acids is 2. The number of hydrogen-bond acceptors (Lipinski definition) is 4. The van der Waals surface area contributed by atoms with Crippen molar-refractivity contribution in [2.45, 2.75) is 103 Å². The van der Waals surface area contributed by atoms with Gasteiger partial charge in [-0.2, -0.15) is 0 Å². The monoisotopic (exact) mass is 356 g/mol. The van der Waals surface area contributed by atoms with Crippen LogP contribution in [0.5, 0.6) is 0 Å². The van der Waals surface area contributed by atoms with Gasteiger partial charge < -0.3 is 15.8 Å². The Morgan fingerprint density at radius 3 is 1.96 bits per heavy atom. The average Bonchev–Trinajstić information content (AvgIpc) is 2.62. The smallest absolute Gasteiger partial charge is 0.328 e. The Labute approximate surface area is 154 Å². The SMILES string of the molecule is CCCCCCCCCCCCC(=O)NC(CCCCN)C(=O)OC. The van der Waals surface area contributed by atoms with Gasteiger partial charge in [-0.15, -0.1) is 0 Å². The zero-order valence-electron chi connectivity index (χ0n) is 16.5. The first-order valence-corrected chi connectivity index (χ1v) is 10.2. The van der Waals surface area contributed by atoms with Crippen molar-refractivity contribution < 1.29 is 14.3 Å². The summed E-state index contributed by atoms with van der Waals surface area (Å²) < 4.78 is 4.76. The molecule has 0 radical (unpaired) electrons. The summed E-state index contributed by atoms with van der Waals surface area (Å²) in [4.78, 5) is 23.7. The van der Waals surface area contributed by atoms with Crippen LogP contribution in [-0.2, 0) is 14.3 Å². The minimum absolute atomic E-state index is 0.0530. The molecule has 0 bridgehead atoms. The van der Waals surface area contributed by atoms with Crippen LogP contribution < -0.4 is 11.1 Å². The van der Waals surface area contributed by atoms with E-state index in [-0.39, 0.29) is 11.9 Å². The molecule has 0 aliphatic carbocycles. The number of nitrogens with two attached hydrogens (primary N) is 1. The summed E-state index contributed by atoms with van der Waals surface area (Å²) in [6.07, 6.45) is 15.2. The number of ether oxygens (including phenoxy) is 1. The third-order valence-electron chi connectivity index (χ3n) is 4.53. The molecule has 0 spiro atoms. The summed E-state index contributed by atoms with van der Waals surface area (Å²) in [5.41, 5.74) is 5.47. The van der Waals surface area contributed by atoms with Crippen molar-refractivity contribution in [1.29, 1.82) is 0 Å². The summed E-state index contributed by atoms with van der Waals surface area (Å²) in [6.45, 7) is 2.84. The molecule has 0 aliphatic heterocycles. The van der Waals surface area contributed by atoms with Crippen molar-refractivity contribution in [3.05, 3.63) is 0 Å². The van der Waals surface area contributed by atoms with Crippen LogP contribution in [0, 0.1) is 0 Å². The van der Waals surface area contributed by atoms with Gasteiger partial charge in [0, 0.05) is 6.42 Å². The maximum Gasteiger partial charge on any atom is 0.328 e. The maximum absolute atomic E-state index is 12.0. The Bertz CT molecular complexity index is 335. The van der Waals surface area contributed by atoms with Gasteiger partial charge in [-0.25, -0.2) is 4.79 Å². The van der Waals surface area contributed by atoms with E-state index in [2.05, 4.69) is 12.2 Å². The van der Waals surface area contributed by atoms with E-state index in [0.29, 0.717) is 19.4 Å². The van der Waals surface area contributed by atoms with Gasteiger partial charge in [0.15, 0.2) is 0 Å². The highest BCUT2D eigenvalue weighted by Gasteiger charge is 2.20. The van der Waals surface area contributed by atoms with Crippen LogP contribution >= 0.6 is 0 Å². The predicted molar refractivity (Wildman–Crippen MR) is 103 cm³/mol. The maximum atomic E-state index is 12.0. The van der Waals surface area contributed by atoms with E-state index in [1.807, 2.05) is 0 Å². The minimum Gasteiger partial charge on any atom is -0.467 e. The highest BCUT2D eigenvalue weighted by Crippen LogP contribution is 2.11. The zero-order valence-corrected chi connectivity index (χ0v) is 16.5. The van der Waals surface area contributed by atoms with Gasteiger partial charge in [0.1, 0.15) is 6.04 Å². The van der Waals surface area contributed by atoms with E-state index in [1.54, 1.807) is 0 Å². The Morgan fingerprint density at radius 1 is 0.880 bits per heavy atom. The predicted octanol–water partition coefficient (Wildman–Crippen LogP) is 4.08. The molecule has 0 heterocycles. The third kappa shape index (κ3) is 14.9. The van der Waals surface area contributed by atoms with Crippen LogP contribution in [0.3, 0.4) is 0 Å². The number of hydrogen-bond donors (Lipinski definition) is 2. The van der Waals surface area contributed by atoms with Crippen molar-refractivity contribution in [3.8, 4) is 0 Å². The number of esters is 1. The molecule has 0 aromatic heterocycles. The summed E-state index contributed by atoms with van der Waals surface area (Å²) in [6, 6.07) is -0.535. The molecule has 0 saturated heterocycles. The van der Waals surface area contributed by atoms with Gasteiger partial charge in [0.2, 0.25) is 5.91 Å². The zero-order chi connectivity index (χ0) is 18.8. The van der Waals surface area contributed by atoms with E-state index in [0.717, 1.165) is 25.7 Å². The van der Waals surface area contributed by atoms with Gasteiger partial charge in [-0.1, -0.05) is 64.7 Å². The second kappa shape index (κ2) is 17.7. The molecular formula is C20H40N2O3. The highest BCUT2D eigenvalue weighted by atomic mass is 16.5. The second-order valence-corrected chi connectivity index (χ2v) is 6.86. The summed E-state index contributed by atoms with van der Waals surface area (Å²) in [5.74, 6) is -0.420. The van der Waals surface area contributed by atoms with E-state index in [1.165, 1.54) is 58.5 Å². The molecule has 25 heavy (non-hydrogen) atoms. The Kier molecular flexibility index (Phi) is 16.9. The normalized spacial score (nSPS) is 12.0. The largest absolute Gasteiger partial charge is 0.467 e. The molecule has 3 N–H and O–H groups in total. The lowest BCUT2D eigenvalue weighted by molar-refractivity contribution is -0.145. The lowest BCUT2D eigenvalue weighted by Gasteiger charge is -2.16. The summed E-state index contributed by atoms with van der Waals surface area (Å²) in [7, 11) is 1.35. The van der Waals surface area contributed by atoms with Crippen molar-refractivity contribution >= 4 is 11.9 Å². The van der Waals surface area contributed by atoms with Crippen molar-refractivity contribution in [2.75, 3.05) is 13.7 Å². The lowest BCUT2D eigenvalue weighted by atomic mass is 10.1. The second-order valence-electron chi connectivity index (χ2n) is 6.86. The van der Waals surface area contributed by atoms with Gasteiger partial charge in [-0.05, 0) is 32.2 Å². The molecule has 1 amide bonds. The van der Waals surface area contributed by atoms with E-state index in [4.69, 9.17) is 10.5 Å². The van der Waals surface area contributed by atoms with Crippen LogP contribution in [-0.4, -0.2) is 31.6 Å². The molecule has 0 saturated carbocycles. The fraction of sp³-hybridized carbons (Fsp3) is 0.900. The molecule has 0 rings (SSSR count). The highest BCUT2D eigenvalue weighted by molar-refractivity contribution is 5.84. The molecule has 0 aliphatic rings. The molecule has 0 aromatic rings. The first kappa shape index (κ1) is 23.9. The molecular weight excluding hydrogens is 316 g/mol. The molecule has 1 atom stereocenters. The van der Waals surface area contributed by atoms with Crippen LogP contribution in [0.1, 0.15) is 96.8 Å². The van der Waals surface area contributed by atoms with E-state index < -0.39 is 6.04 Å². The molecule has 0 fully saturated rings. The number of amides is 1. The summed E-state index contributed by atoms with van der Waals surface area (Å²) in [5, 5.41) is 2.80. The van der Waals surface area contributed by atoms with Crippen molar-refractivity contribution in [2.24, 2.45) is 5.73 Å². The van der Waals surface area contributed by atoms with Gasteiger partial charge in [0.25, 0.3) is 0 Å². The topological polar surface area (TPSA) is 81.4 Å². The number of methoxy groups -OCH3 is 1. The van der Waals surface area contributed by atoms with Crippen LogP contribution in [0.25, 0.3) is 0 Å². The third-order valence-corrected chi connectivity index (χ3v) is 4.53. The van der Waals surface area contributed by atoms with Gasteiger partial charge in [0.05, 0.1) is 7.11 Å². The van der Waals surface area contributed by atoms with Crippen LogP contribution in [0.4, 0.5) is 0 Å². The summed E-state index contributed by atoms with van der Waals surface area (Å²) >= 11 is 0. The fourth-order valence-electron chi connectivity index (χ4n) is 2.92. The lowest BCUT2D eigenvalue weighted by Crippen LogP contribution is -2.41. The molecule has 148 valence electrons. The number of rotatable bonds is 17. The molecule has 5 heteroatoms. The van der Waals surface area contributed by atoms with E-state index in [9.17, 15) is 9.59 Å². The Morgan fingerprint density at radius 2 is 1.44 bits per heavy atom. The quantitative estimate of drug-likeness (QED) is 0.304. The molecule has 5 nitrogen and oxygen atoms in total. The number of nitrogens with one attached hydrogen (secondary N) is 1. The first-order chi connectivity index (χ1) is 12.2. The van der Waals surface area contributed by atoms with E-state index >= 15 is 0 Å². The van der Waals surface area contributed by atoms with Crippen molar-refractivity contribution in [1.82, 2.24) is 5.32 Å². The van der Waals surface area contributed by atoms with Crippen LogP contribution in [0.2, 0.25) is 0 Å². The number of carbonyl (C=O) groups is 2. The minimum atomic E-state index is -0.535. The molecule has 1 unspecified atom stereocenters. The molecule has 0 aromatic carbocycles. The van der Waals surface area contributed by atoms with Gasteiger partial charge in [-0.3, -0.25) is 4.79 Å². The average molecular weight is 357 g/mol. The van der Waals surface area contributed by atoms with Crippen LogP contribution in [0.15, 0.2) is 0 Å². The Hall–Kier alpha value is -1.10. The standard InChI is InChI=1S/C20H40N2O3/c1-3-4-5-6-7-8-9-10-11-12-16-19(23)22-18(20(24)25-2)15-13-14-17-21/h18H,3-17,21H2,1-2H3,(H,22,23). The fourth-order valence-corrected chi connectivity index (χ4v) is 2.92. The Balaban J connectivity index is 3.69. The van der Waals surface area contributed by atoms with Crippen molar-refractivity contribution in [3.63, 3.8) is 0 Å². The van der Waals surface area contributed by atoms with Gasteiger partial charge >= 0.3 is 5.97 Å².